The van der Waals surface area contributed by atoms with Gasteiger partial charge in [-0.15, -0.1) is 11.3 Å². The molecule has 0 amide bonds. The normalized spacial score (nSPS) is 15.4. The van der Waals surface area contributed by atoms with Gasteiger partial charge in [-0.1, -0.05) is 42.5 Å². The second-order valence-corrected chi connectivity index (χ2v) is 7.82. The fourth-order valence-electron chi connectivity index (χ4n) is 3.52. The summed E-state index contributed by atoms with van der Waals surface area (Å²) in [5, 5.41) is 2.75. The molecular weight excluding hydrogens is 368 g/mol. The largest absolute Gasteiger partial charge is 0.497 e. The molecule has 28 heavy (non-hydrogen) atoms. The fourth-order valence-corrected chi connectivity index (χ4v) is 4.44. The van der Waals surface area contributed by atoms with E-state index in [1.807, 2.05) is 29.6 Å². The highest BCUT2D eigenvalue weighted by Gasteiger charge is 2.19. The molecule has 0 saturated carbocycles. The molecule has 2 heterocycles. The number of anilines is 1. The van der Waals surface area contributed by atoms with Crippen LogP contribution in [0.1, 0.15) is 5.56 Å². The monoisotopic (exact) mass is 392 g/mol. The van der Waals surface area contributed by atoms with E-state index in [1.54, 1.807) is 18.4 Å². The molecule has 4 rings (SSSR count). The Balaban J connectivity index is 1.41. The average Bonchev–Trinajstić information content (AvgIpc) is 2.75. The van der Waals surface area contributed by atoms with Gasteiger partial charge in [0.1, 0.15) is 5.75 Å². The summed E-state index contributed by atoms with van der Waals surface area (Å²) in [6.45, 7) is 4.59. The van der Waals surface area contributed by atoms with Gasteiger partial charge in [0.15, 0.2) is 0 Å². The van der Waals surface area contributed by atoms with E-state index in [2.05, 4.69) is 46.2 Å². The minimum absolute atomic E-state index is 0.102. The van der Waals surface area contributed by atoms with Crippen LogP contribution in [0.2, 0.25) is 0 Å². The van der Waals surface area contributed by atoms with Crippen molar-refractivity contribution in [1.29, 1.82) is 0 Å². The fraction of sp³-hybridized carbons (Fsp3) is 0.261. The number of benzene rings is 2. The maximum Gasteiger partial charge on any atom is 0.211 e. The van der Waals surface area contributed by atoms with Gasteiger partial charge in [0.05, 0.1) is 12.8 Å². The molecule has 1 saturated heterocycles. The smallest absolute Gasteiger partial charge is 0.211 e. The van der Waals surface area contributed by atoms with Crippen LogP contribution in [0.15, 0.2) is 64.8 Å². The molecule has 3 aromatic rings. The maximum atomic E-state index is 13.0. The Morgan fingerprint density at radius 1 is 1.07 bits per heavy atom. The summed E-state index contributed by atoms with van der Waals surface area (Å²) in [7, 11) is 1.63. The topological polar surface area (TPSA) is 32.8 Å². The summed E-state index contributed by atoms with van der Waals surface area (Å²) < 4.78 is 6.28. The van der Waals surface area contributed by atoms with Gasteiger partial charge in [-0.3, -0.25) is 9.69 Å². The SMILES string of the molecule is COc1ccc2scc(N3CCN(CC=Cc4ccccc4)CC3)c(=O)c2c1. The van der Waals surface area contributed by atoms with Crippen LogP contribution in [-0.4, -0.2) is 44.7 Å². The molecular formula is C23H24N2O2S. The molecule has 0 bridgehead atoms. The lowest BCUT2D eigenvalue weighted by Gasteiger charge is -2.35. The number of piperazine rings is 1. The summed E-state index contributed by atoms with van der Waals surface area (Å²) >= 11 is 1.62. The van der Waals surface area contributed by atoms with Gasteiger partial charge < -0.3 is 9.64 Å². The van der Waals surface area contributed by atoms with Crippen LogP contribution in [-0.2, 0) is 0 Å². The summed E-state index contributed by atoms with van der Waals surface area (Å²) in [6, 6.07) is 16.1. The van der Waals surface area contributed by atoms with E-state index in [0.717, 1.165) is 54.2 Å². The zero-order valence-corrected chi connectivity index (χ0v) is 16.8. The molecule has 0 N–H and O–H groups in total. The zero-order chi connectivity index (χ0) is 19.3. The lowest BCUT2D eigenvalue weighted by molar-refractivity contribution is 0.284. The summed E-state index contributed by atoms with van der Waals surface area (Å²) in [4.78, 5) is 17.6. The molecule has 1 aliphatic rings. The van der Waals surface area contributed by atoms with Crippen LogP contribution < -0.4 is 15.1 Å². The first-order valence-electron chi connectivity index (χ1n) is 9.53. The van der Waals surface area contributed by atoms with Crippen molar-refractivity contribution >= 4 is 33.2 Å². The van der Waals surface area contributed by atoms with Crippen molar-refractivity contribution in [3.63, 3.8) is 0 Å². The van der Waals surface area contributed by atoms with E-state index < -0.39 is 0 Å². The van der Waals surface area contributed by atoms with Crippen molar-refractivity contribution in [2.75, 3.05) is 44.7 Å². The van der Waals surface area contributed by atoms with Gasteiger partial charge in [-0.25, -0.2) is 0 Å². The van der Waals surface area contributed by atoms with E-state index in [4.69, 9.17) is 4.74 Å². The Labute approximate surface area is 169 Å². The first kappa shape index (κ1) is 18.7. The summed E-state index contributed by atoms with van der Waals surface area (Å²) in [5.74, 6) is 0.726. The quantitative estimate of drug-likeness (QED) is 0.654. The highest BCUT2D eigenvalue weighted by Crippen LogP contribution is 2.25. The number of hydrogen-bond donors (Lipinski definition) is 0. The minimum atomic E-state index is 0.102. The Hall–Kier alpha value is -2.63. The number of hydrogen-bond acceptors (Lipinski definition) is 5. The summed E-state index contributed by atoms with van der Waals surface area (Å²) in [6.07, 6.45) is 4.38. The van der Waals surface area contributed by atoms with Gasteiger partial charge in [0.2, 0.25) is 5.43 Å². The summed E-state index contributed by atoms with van der Waals surface area (Å²) in [5.41, 5.74) is 2.14. The van der Waals surface area contributed by atoms with Crippen LogP contribution in [0, 0.1) is 0 Å². The Bertz CT molecular complexity index is 1020. The van der Waals surface area contributed by atoms with Crippen LogP contribution in [0.3, 0.4) is 0 Å². The van der Waals surface area contributed by atoms with Crippen molar-refractivity contribution in [2.24, 2.45) is 0 Å². The molecule has 5 heteroatoms. The van der Waals surface area contributed by atoms with Crippen LogP contribution in [0.4, 0.5) is 5.69 Å². The predicted molar refractivity (Wildman–Crippen MR) is 119 cm³/mol. The Kier molecular flexibility index (Phi) is 5.74. The standard InChI is InChI=1S/C23H24N2O2S/c1-27-19-9-10-22-20(16-19)23(26)21(17-28-22)25-14-12-24(13-15-25)11-5-8-18-6-3-2-4-7-18/h2-10,16-17H,11-15H2,1H3. The van der Waals surface area contributed by atoms with Gasteiger partial charge in [0, 0.05) is 48.2 Å². The second kappa shape index (κ2) is 8.59. The lowest BCUT2D eigenvalue weighted by Crippen LogP contribution is -2.47. The van der Waals surface area contributed by atoms with E-state index in [1.165, 1.54) is 5.56 Å². The molecule has 1 fully saturated rings. The average molecular weight is 393 g/mol. The molecule has 2 aromatic carbocycles. The van der Waals surface area contributed by atoms with Crippen LogP contribution in [0.5, 0.6) is 5.75 Å². The third-order valence-corrected chi connectivity index (χ3v) is 6.10. The van der Waals surface area contributed by atoms with Crippen molar-refractivity contribution in [3.05, 3.63) is 75.8 Å². The number of rotatable bonds is 5. The molecule has 0 radical (unpaired) electrons. The molecule has 144 valence electrons. The third kappa shape index (κ3) is 4.11. The van der Waals surface area contributed by atoms with Crippen molar-refractivity contribution in [1.82, 2.24) is 4.90 Å². The van der Waals surface area contributed by atoms with Gasteiger partial charge in [0.25, 0.3) is 0 Å². The zero-order valence-electron chi connectivity index (χ0n) is 16.0. The van der Waals surface area contributed by atoms with Crippen molar-refractivity contribution in [3.8, 4) is 5.75 Å². The van der Waals surface area contributed by atoms with E-state index >= 15 is 0 Å². The molecule has 0 atom stereocenters. The Morgan fingerprint density at radius 3 is 2.61 bits per heavy atom. The molecule has 1 aromatic heterocycles. The number of nitrogens with zero attached hydrogens (tertiary/aromatic N) is 2. The molecule has 0 unspecified atom stereocenters. The number of methoxy groups -OCH3 is 1. The maximum absolute atomic E-state index is 13.0. The van der Waals surface area contributed by atoms with Crippen molar-refractivity contribution < 1.29 is 4.74 Å². The van der Waals surface area contributed by atoms with E-state index in [0.29, 0.717) is 0 Å². The lowest BCUT2D eigenvalue weighted by atomic mass is 10.2. The molecule has 0 spiro atoms. The highest BCUT2D eigenvalue weighted by molar-refractivity contribution is 7.16. The highest BCUT2D eigenvalue weighted by atomic mass is 32.1. The van der Waals surface area contributed by atoms with Crippen LogP contribution >= 0.6 is 11.3 Å². The molecule has 1 aliphatic heterocycles. The first-order chi connectivity index (χ1) is 13.7. The third-order valence-electron chi connectivity index (χ3n) is 5.15. The molecule has 0 aliphatic carbocycles. The van der Waals surface area contributed by atoms with Crippen LogP contribution in [0.25, 0.3) is 16.2 Å². The number of fused-ring (bicyclic) bond motifs is 1. The predicted octanol–water partition coefficient (Wildman–Crippen LogP) is 4.11. The number of ether oxygens (including phenoxy) is 1. The molecule has 4 nitrogen and oxygen atoms in total. The second-order valence-electron chi connectivity index (χ2n) is 6.91. The van der Waals surface area contributed by atoms with E-state index in [9.17, 15) is 4.79 Å². The van der Waals surface area contributed by atoms with Crippen molar-refractivity contribution in [2.45, 2.75) is 0 Å². The van der Waals surface area contributed by atoms with E-state index in [-0.39, 0.29) is 5.43 Å². The Morgan fingerprint density at radius 2 is 1.86 bits per heavy atom. The van der Waals surface area contributed by atoms with Gasteiger partial charge >= 0.3 is 0 Å². The first-order valence-corrected chi connectivity index (χ1v) is 10.4. The van der Waals surface area contributed by atoms with Gasteiger partial charge in [-0.05, 0) is 23.8 Å². The van der Waals surface area contributed by atoms with Gasteiger partial charge in [-0.2, -0.15) is 0 Å². The minimum Gasteiger partial charge on any atom is -0.497 e.